The van der Waals surface area contributed by atoms with Crippen LogP contribution in [-0.2, 0) is 6.42 Å². The van der Waals surface area contributed by atoms with E-state index in [1.54, 1.807) is 0 Å². The Balaban J connectivity index is 1.98. The summed E-state index contributed by atoms with van der Waals surface area (Å²) in [7, 11) is 0. The zero-order valence-electron chi connectivity index (χ0n) is 10.1. The van der Waals surface area contributed by atoms with Crippen molar-refractivity contribution in [3.63, 3.8) is 0 Å². The topological polar surface area (TPSA) is 12.9 Å². The first kappa shape index (κ1) is 12.3. The number of pyridine rings is 1. The summed E-state index contributed by atoms with van der Waals surface area (Å²) in [6, 6.07) is 15.0. The zero-order chi connectivity index (χ0) is 11.9. The van der Waals surface area contributed by atoms with Gasteiger partial charge in [0, 0.05) is 0 Å². The molecule has 0 aliphatic rings. The van der Waals surface area contributed by atoms with E-state index in [1.807, 2.05) is 6.20 Å². The minimum atomic E-state index is 0.386. The van der Waals surface area contributed by atoms with Crippen molar-refractivity contribution in [2.75, 3.05) is 0 Å². The maximum atomic E-state index is 4.53. The van der Waals surface area contributed by atoms with Crippen molar-refractivity contribution >= 4 is 23.9 Å². The average Bonchev–Trinajstić information content (AvgIpc) is 2.39. The van der Waals surface area contributed by atoms with E-state index in [0.717, 1.165) is 6.42 Å². The molecule has 0 aliphatic heterocycles. The van der Waals surface area contributed by atoms with Gasteiger partial charge in [0.25, 0.3) is 0 Å². The van der Waals surface area contributed by atoms with Gasteiger partial charge in [0.15, 0.2) is 0 Å². The fraction of sp³-hybridized carbons (Fsp3) is 0.267. The van der Waals surface area contributed by atoms with Crippen LogP contribution in [0.3, 0.4) is 0 Å². The van der Waals surface area contributed by atoms with Crippen LogP contribution in [0.4, 0.5) is 0 Å². The summed E-state index contributed by atoms with van der Waals surface area (Å²) in [6.45, 7) is 2.22. The second kappa shape index (κ2) is 6.58. The molecule has 0 unspecified atom stereocenters. The van der Waals surface area contributed by atoms with Crippen LogP contribution in [0.1, 0.15) is 25.5 Å². The molecule has 1 aromatic heterocycles. The van der Waals surface area contributed by atoms with Gasteiger partial charge in [-0.25, -0.2) is 0 Å². The maximum absolute atomic E-state index is 4.53. The molecule has 0 fully saturated rings. The van der Waals surface area contributed by atoms with E-state index in [1.165, 1.54) is 27.5 Å². The van der Waals surface area contributed by atoms with Gasteiger partial charge in [0.2, 0.25) is 0 Å². The molecule has 0 bridgehead atoms. The van der Waals surface area contributed by atoms with Gasteiger partial charge in [-0.15, -0.1) is 0 Å². The summed E-state index contributed by atoms with van der Waals surface area (Å²) in [5.41, 5.74) is 1.22. The van der Waals surface area contributed by atoms with E-state index in [2.05, 4.69) is 54.4 Å². The molecule has 2 heteroatoms. The van der Waals surface area contributed by atoms with Crippen LogP contribution in [0.15, 0.2) is 48.7 Å². The van der Waals surface area contributed by atoms with Gasteiger partial charge < -0.3 is 0 Å². The van der Waals surface area contributed by atoms with Crippen molar-refractivity contribution in [1.29, 1.82) is 0 Å². The fourth-order valence-corrected chi connectivity index (χ4v) is 3.29. The monoisotopic (exact) mass is 291 g/mol. The molecule has 0 atom stereocenters. The first-order valence-electron chi connectivity index (χ1n) is 6.06. The standard InChI is InChI=1S/C15H17NSe/c1-2-3-7-13-10-11-15(12-16-13)17-14-8-5-4-6-9-14/h4-6,8-12H,2-3,7H2,1H3. The Morgan fingerprint density at radius 3 is 2.47 bits per heavy atom. The number of benzene rings is 1. The Morgan fingerprint density at radius 2 is 1.82 bits per heavy atom. The molecule has 0 saturated carbocycles. The predicted molar refractivity (Wildman–Crippen MR) is 74.3 cm³/mol. The Kier molecular flexibility index (Phi) is 4.78. The molecular weight excluding hydrogens is 273 g/mol. The molecule has 0 aliphatic carbocycles. The molecule has 0 saturated heterocycles. The molecule has 17 heavy (non-hydrogen) atoms. The van der Waals surface area contributed by atoms with Gasteiger partial charge in [0.1, 0.15) is 0 Å². The van der Waals surface area contributed by atoms with Crippen molar-refractivity contribution < 1.29 is 0 Å². The van der Waals surface area contributed by atoms with Crippen molar-refractivity contribution in [2.45, 2.75) is 26.2 Å². The van der Waals surface area contributed by atoms with Crippen LogP contribution in [0.5, 0.6) is 0 Å². The van der Waals surface area contributed by atoms with E-state index in [9.17, 15) is 0 Å². The second-order valence-corrected chi connectivity index (χ2v) is 6.41. The third-order valence-corrected chi connectivity index (χ3v) is 4.63. The van der Waals surface area contributed by atoms with Crippen LogP contribution >= 0.6 is 0 Å². The molecule has 88 valence electrons. The van der Waals surface area contributed by atoms with Crippen LogP contribution in [0.2, 0.25) is 0 Å². The summed E-state index contributed by atoms with van der Waals surface area (Å²) in [5.74, 6) is 0. The SMILES string of the molecule is CCCCc1ccc([Se]c2ccccc2)cn1. The molecular formula is C15H17NSe. The quantitative estimate of drug-likeness (QED) is 0.768. The molecule has 1 heterocycles. The first-order chi connectivity index (χ1) is 8.38. The van der Waals surface area contributed by atoms with Gasteiger partial charge >= 0.3 is 109 Å². The Morgan fingerprint density at radius 1 is 1.00 bits per heavy atom. The van der Waals surface area contributed by atoms with Crippen LogP contribution in [0, 0.1) is 0 Å². The molecule has 2 aromatic rings. The predicted octanol–water partition coefficient (Wildman–Crippen LogP) is 2.08. The van der Waals surface area contributed by atoms with E-state index >= 15 is 0 Å². The summed E-state index contributed by atoms with van der Waals surface area (Å²) < 4.78 is 2.76. The van der Waals surface area contributed by atoms with E-state index in [-0.39, 0.29) is 0 Å². The van der Waals surface area contributed by atoms with Crippen molar-refractivity contribution in [1.82, 2.24) is 4.98 Å². The third kappa shape index (κ3) is 3.99. The normalized spacial score (nSPS) is 10.4. The summed E-state index contributed by atoms with van der Waals surface area (Å²) in [5, 5.41) is 0. The number of hydrogen-bond acceptors (Lipinski definition) is 1. The summed E-state index contributed by atoms with van der Waals surface area (Å²) in [4.78, 5) is 4.53. The van der Waals surface area contributed by atoms with Gasteiger partial charge in [-0.05, 0) is 0 Å². The van der Waals surface area contributed by atoms with Gasteiger partial charge in [-0.2, -0.15) is 0 Å². The number of nitrogens with zero attached hydrogens (tertiary/aromatic N) is 1. The molecule has 0 amide bonds. The number of unbranched alkanes of at least 4 members (excludes halogenated alkanes) is 1. The van der Waals surface area contributed by atoms with Crippen LogP contribution < -0.4 is 8.92 Å². The molecule has 0 radical (unpaired) electrons. The Bertz CT molecular complexity index is 436. The average molecular weight is 290 g/mol. The Labute approximate surface area is 109 Å². The molecule has 1 aromatic carbocycles. The fourth-order valence-electron chi connectivity index (χ4n) is 1.60. The number of aromatic nitrogens is 1. The third-order valence-electron chi connectivity index (χ3n) is 2.56. The van der Waals surface area contributed by atoms with E-state index in [0.29, 0.717) is 15.0 Å². The second-order valence-electron chi connectivity index (χ2n) is 4.00. The number of rotatable bonds is 5. The van der Waals surface area contributed by atoms with Crippen LogP contribution in [0.25, 0.3) is 0 Å². The van der Waals surface area contributed by atoms with Gasteiger partial charge in [-0.1, -0.05) is 0 Å². The molecule has 0 spiro atoms. The van der Waals surface area contributed by atoms with Crippen molar-refractivity contribution in [3.8, 4) is 0 Å². The first-order valence-corrected chi connectivity index (χ1v) is 7.77. The van der Waals surface area contributed by atoms with Gasteiger partial charge in [0.05, 0.1) is 0 Å². The molecule has 0 N–H and O–H groups in total. The van der Waals surface area contributed by atoms with E-state index < -0.39 is 0 Å². The van der Waals surface area contributed by atoms with E-state index in [4.69, 9.17) is 0 Å². The minimum absolute atomic E-state index is 0.386. The van der Waals surface area contributed by atoms with Gasteiger partial charge in [-0.3, -0.25) is 0 Å². The summed E-state index contributed by atoms with van der Waals surface area (Å²) >= 11 is 0.386. The number of aryl methyl sites for hydroxylation is 1. The van der Waals surface area contributed by atoms with Crippen molar-refractivity contribution in [2.24, 2.45) is 0 Å². The molecule has 2 rings (SSSR count). The van der Waals surface area contributed by atoms with Crippen LogP contribution in [-0.4, -0.2) is 19.9 Å². The zero-order valence-corrected chi connectivity index (χ0v) is 11.8. The number of hydrogen-bond donors (Lipinski definition) is 0. The van der Waals surface area contributed by atoms with Crippen molar-refractivity contribution in [3.05, 3.63) is 54.4 Å². The summed E-state index contributed by atoms with van der Waals surface area (Å²) in [6.07, 6.45) is 5.61. The molecule has 1 nitrogen and oxygen atoms in total. The Hall–Kier alpha value is -1.11.